The van der Waals surface area contributed by atoms with Gasteiger partial charge in [-0.05, 0) is 89.1 Å². The van der Waals surface area contributed by atoms with Crippen LogP contribution in [0.5, 0.6) is 11.5 Å². The van der Waals surface area contributed by atoms with Crippen LogP contribution in [0.4, 0.5) is 5.82 Å². The van der Waals surface area contributed by atoms with Gasteiger partial charge < -0.3 is 20.1 Å². The number of hydrogen-bond acceptors (Lipinski definition) is 6. The van der Waals surface area contributed by atoms with Gasteiger partial charge in [-0.2, -0.15) is 0 Å². The quantitative estimate of drug-likeness (QED) is 0.279. The second kappa shape index (κ2) is 12.3. The number of halogens is 1. The number of hydrogen-bond donors (Lipinski definition) is 2. The number of amides is 1. The number of Topliss-reactive ketones (excluding diaryl/α,β-unsaturated/α-hetero) is 1. The summed E-state index contributed by atoms with van der Waals surface area (Å²) in [5, 5.41) is 6.29. The first-order chi connectivity index (χ1) is 19.7. The number of carbonyl (C=O) groups excluding carboxylic acids is 2. The van der Waals surface area contributed by atoms with Crippen molar-refractivity contribution in [3.05, 3.63) is 104 Å². The molecular weight excluding hydrogens is 582 g/mol. The topological polar surface area (TPSA) is 89.5 Å². The number of nitrogens with zero attached hydrogens (tertiary/aromatic N) is 1. The lowest BCUT2D eigenvalue weighted by atomic mass is 9.74. The SMILES string of the molecule is COc1ccc([C@@H]2C(C(=O)Nc3ccc(Br)cn3)=C(C)NC3=C2C(=O)CCC3)cc1COc1ccc(C(C)C)cc1. The van der Waals surface area contributed by atoms with Gasteiger partial charge in [-0.3, -0.25) is 9.59 Å². The lowest BCUT2D eigenvalue weighted by Gasteiger charge is -2.34. The van der Waals surface area contributed by atoms with E-state index in [9.17, 15) is 9.59 Å². The minimum Gasteiger partial charge on any atom is -0.496 e. The van der Waals surface area contributed by atoms with Crippen LogP contribution < -0.4 is 20.1 Å². The van der Waals surface area contributed by atoms with Gasteiger partial charge in [-0.15, -0.1) is 0 Å². The number of aromatic nitrogens is 1. The van der Waals surface area contributed by atoms with Crippen LogP contribution in [-0.4, -0.2) is 23.8 Å². The summed E-state index contributed by atoms with van der Waals surface area (Å²) in [5.74, 6) is 1.52. The number of anilines is 1. The average Bonchev–Trinajstić information content (AvgIpc) is 2.96. The van der Waals surface area contributed by atoms with E-state index in [0.29, 0.717) is 35.1 Å². The predicted molar refractivity (Wildman–Crippen MR) is 163 cm³/mol. The maximum atomic E-state index is 13.8. The normalized spacial score (nSPS) is 16.8. The van der Waals surface area contributed by atoms with Gasteiger partial charge in [0.25, 0.3) is 5.91 Å². The van der Waals surface area contributed by atoms with E-state index in [1.807, 2.05) is 43.3 Å². The molecule has 2 heterocycles. The zero-order valence-corrected chi connectivity index (χ0v) is 25.3. The third-order valence-corrected chi connectivity index (χ3v) is 8.04. The second-order valence-electron chi connectivity index (χ2n) is 10.7. The molecular formula is C33H34BrN3O4. The fourth-order valence-corrected chi connectivity index (χ4v) is 5.69. The van der Waals surface area contributed by atoms with Crippen molar-refractivity contribution in [2.75, 3.05) is 12.4 Å². The van der Waals surface area contributed by atoms with E-state index in [-0.39, 0.29) is 18.3 Å². The summed E-state index contributed by atoms with van der Waals surface area (Å²) in [4.78, 5) is 31.4. The van der Waals surface area contributed by atoms with Crippen molar-refractivity contribution in [3.8, 4) is 11.5 Å². The number of ether oxygens (including phenoxy) is 2. The Morgan fingerprint density at radius 1 is 1.12 bits per heavy atom. The third kappa shape index (κ3) is 6.22. The molecule has 1 amide bonds. The highest BCUT2D eigenvalue weighted by Gasteiger charge is 2.38. The Morgan fingerprint density at radius 2 is 1.90 bits per heavy atom. The molecule has 2 N–H and O–H groups in total. The Bertz CT molecular complexity index is 1530. The molecule has 7 nitrogen and oxygen atoms in total. The second-order valence-corrected chi connectivity index (χ2v) is 11.6. The minimum atomic E-state index is -0.538. The van der Waals surface area contributed by atoms with Crippen LogP contribution in [0.1, 0.15) is 68.6 Å². The molecule has 0 radical (unpaired) electrons. The highest BCUT2D eigenvalue weighted by atomic mass is 79.9. The molecule has 0 spiro atoms. The van der Waals surface area contributed by atoms with Crippen LogP contribution in [0.25, 0.3) is 0 Å². The molecule has 41 heavy (non-hydrogen) atoms. The van der Waals surface area contributed by atoms with Gasteiger partial charge >= 0.3 is 0 Å². The molecule has 3 aromatic rings. The molecule has 0 saturated carbocycles. The van der Waals surface area contributed by atoms with Crippen molar-refractivity contribution in [1.82, 2.24) is 10.3 Å². The van der Waals surface area contributed by atoms with Crippen LogP contribution in [0, 0.1) is 0 Å². The average molecular weight is 617 g/mol. The van der Waals surface area contributed by atoms with E-state index in [1.54, 1.807) is 19.4 Å². The molecule has 1 aliphatic heterocycles. The van der Waals surface area contributed by atoms with Gasteiger partial charge in [0.2, 0.25) is 0 Å². The number of ketones is 1. The molecule has 0 fully saturated rings. The van der Waals surface area contributed by atoms with Crippen molar-refractivity contribution in [3.63, 3.8) is 0 Å². The number of pyridine rings is 1. The summed E-state index contributed by atoms with van der Waals surface area (Å²) in [7, 11) is 1.62. The van der Waals surface area contributed by atoms with Crippen molar-refractivity contribution in [1.29, 1.82) is 0 Å². The molecule has 5 rings (SSSR count). The first-order valence-electron chi connectivity index (χ1n) is 13.8. The third-order valence-electron chi connectivity index (χ3n) is 7.57. The summed E-state index contributed by atoms with van der Waals surface area (Å²) in [5.41, 5.74) is 5.65. The zero-order valence-electron chi connectivity index (χ0n) is 23.7. The minimum absolute atomic E-state index is 0.0576. The van der Waals surface area contributed by atoms with E-state index >= 15 is 0 Å². The fraction of sp³-hybridized carbons (Fsp3) is 0.303. The number of benzene rings is 2. The van der Waals surface area contributed by atoms with E-state index < -0.39 is 5.92 Å². The monoisotopic (exact) mass is 615 g/mol. The first kappa shape index (κ1) is 28.6. The number of carbonyl (C=O) groups is 2. The maximum absolute atomic E-state index is 13.8. The van der Waals surface area contributed by atoms with Crippen molar-refractivity contribution in [2.24, 2.45) is 0 Å². The number of rotatable bonds is 8. The van der Waals surface area contributed by atoms with Crippen molar-refractivity contribution < 1.29 is 19.1 Å². The molecule has 0 bridgehead atoms. The molecule has 212 valence electrons. The van der Waals surface area contributed by atoms with Gasteiger partial charge in [0.15, 0.2) is 5.78 Å². The molecule has 1 atom stereocenters. The number of allylic oxidation sites excluding steroid dienone is 3. The molecule has 8 heteroatoms. The summed E-state index contributed by atoms with van der Waals surface area (Å²) in [6, 6.07) is 17.4. The van der Waals surface area contributed by atoms with Gasteiger partial charge in [0, 0.05) is 51.1 Å². The zero-order chi connectivity index (χ0) is 29.1. The highest BCUT2D eigenvalue weighted by molar-refractivity contribution is 9.10. The Kier molecular flexibility index (Phi) is 8.59. The molecule has 2 aromatic carbocycles. The van der Waals surface area contributed by atoms with Crippen molar-refractivity contribution in [2.45, 2.75) is 58.5 Å². The van der Waals surface area contributed by atoms with Crippen LogP contribution in [0.3, 0.4) is 0 Å². The van der Waals surface area contributed by atoms with Gasteiger partial charge in [0.1, 0.15) is 23.9 Å². The van der Waals surface area contributed by atoms with Crippen molar-refractivity contribution >= 4 is 33.4 Å². The fourth-order valence-electron chi connectivity index (χ4n) is 5.45. The van der Waals surface area contributed by atoms with Gasteiger partial charge in [-0.25, -0.2) is 4.98 Å². The molecule has 0 unspecified atom stereocenters. The smallest absolute Gasteiger partial charge is 0.255 e. The predicted octanol–water partition coefficient (Wildman–Crippen LogP) is 7.16. The van der Waals surface area contributed by atoms with Crippen LogP contribution in [0.15, 0.2) is 87.8 Å². The van der Waals surface area contributed by atoms with E-state index in [0.717, 1.165) is 45.6 Å². The maximum Gasteiger partial charge on any atom is 0.255 e. The number of methoxy groups -OCH3 is 1. The van der Waals surface area contributed by atoms with E-state index in [1.165, 1.54) is 5.56 Å². The summed E-state index contributed by atoms with van der Waals surface area (Å²) in [6.45, 7) is 6.47. The van der Waals surface area contributed by atoms with Crippen LogP contribution in [0.2, 0.25) is 0 Å². The molecule has 2 aliphatic rings. The number of dihydropyridines is 1. The summed E-state index contributed by atoms with van der Waals surface area (Å²) >= 11 is 3.38. The van der Waals surface area contributed by atoms with E-state index in [2.05, 4.69) is 57.5 Å². The lowest BCUT2D eigenvalue weighted by molar-refractivity contribution is -0.116. The summed E-state index contributed by atoms with van der Waals surface area (Å²) < 4.78 is 12.6. The first-order valence-corrected chi connectivity index (χ1v) is 14.6. The molecule has 0 saturated heterocycles. The number of nitrogens with one attached hydrogen (secondary N) is 2. The highest BCUT2D eigenvalue weighted by Crippen LogP contribution is 2.43. The Balaban J connectivity index is 1.50. The lowest BCUT2D eigenvalue weighted by Crippen LogP contribution is -2.35. The van der Waals surface area contributed by atoms with E-state index in [4.69, 9.17) is 9.47 Å². The Labute approximate surface area is 249 Å². The van der Waals surface area contributed by atoms with Gasteiger partial charge in [0.05, 0.1) is 7.11 Å². The standard InChI is InChI=1S/C33H34BrN3O4/c1-19(2)21-8-12-25(13-9-21)41-18-23-16-22(10-14-28(23)40-4)31-30(33(39)37-29-15-11-24(34)17-35-29)20(3)36-26-6-5-7-27(38)32(26)31/h8-17,19,31,36H,5-7,18H2,1-4H3,(H,35,37,39)/t31-/m1/s1. The molecule has 1 aliphatic carbocycles. The van der Waals surface area contributed by atoms with Crippen LogP contribution >= 0.6 is 15.9 Å². The van der Waals surface area contributed by atoms with Crippen LogP contribution in [-0.2, 0) is 16.2 Å². The van der Waals surface area contributed by atoms with Gasteiger partial charge in [-0.1, -0.05) is 32.0 Å². The largest absolute Gasteiger partial charge is 0.496 e. The Morgan fingerprint density at radius 3 is 2.59 bits per heavy atom. The Hall–Kier alpha value is -3.91. The molecule has 1 aromatic heterocycles. The summed E-state index contributed by atoms with van der Waals surface area (Å²) in [6.07, 6.45) is 3.63.